The molecule has 1 fully saturated rings. The summed E-state index contributed by atoms with van der Waals surface area (Å²) in [6, 6.07) is 9.53. The van der Waals surface area contributed by atoms with Crippen LogP contribution in [0.15, 0.2) is 35.7 Å². The van der Waals surface area contributed by atoms with Crippen LogP contribution in [-0.4, -0.2) is 31.7 Å². The van der Waals surface area contributed by atoms with Crippen LogP contribution in [0.1, 0.15) is 23.8 Å². The Bertz CT molecular complexity index is 672. The van der Waals surface area contributed by atoms with E-state index in [4.69, 9.17) is 9.47 Å². The third-order valence-corrected chi connectivity index (χ3v) is 5.01. The Balaban J connectivity index is 1.78. The monoisotopic (exact) mass is 332 g/mol. The fraction of sp³-hybridized carbons (Fsp3) is 0.353. The minimum Gasteiger partial charge on any atom is -0.497 e. The van der Waals surface area contributed by atoms with Gasteiger partial charge < -0.3 is 19.7 Å². The topological polar surface area (TPSA) is 50.8 Å². The van der Waals surface area contributed by atoms with Gasteiger partial charge in [0.05, 0.1) is 25.9 Å². The molecule has 6 heteroatoms. The molecule has 23 heavy (non-hydrogen) atoms. The molecule has 0 bridgehead atoms. The van der Waals surface area contributed by atoms with E-state index in [0.717, 1.165) is 19.4 Å². The highest BCUT2D eigenvalue weighted by molar-refractivity contribution is 7.10. The molecular weight excluding hydrogens is 312 g/mol. The van der Waals surface area contributed by atoms with Crippen LogP contribution in [-0.2, 0) is 0 Å². The van der Waals surface area contributed by atoms with Crippen molar-refractivity contribution < 1.29 is 14.3 Å². The van der Waals surface area contributed by atoms with Gasteiger partial charge in [0.15, 0.2) is 0 Å². The molecular formula is C17H20N2O3S. The smallest absolute Gasteiger partial charge is 0.322 e. The van der Waals surface area contributed by atoms with Gasteiger partial charge in [0.1, 0.15) is 11.5 Å². The average Bonchev–Trinajstić information content (AvgIpc) is 3.25. The number of amides is 2. The molecule has 1 aromatic carbocycles. The van der Waals surface area contributed by atoms with Crippen molar-refractivity contribution >= 4 is 23.1 Å². The van der Waals surface area contributed by atoms with Crippen molar-refractivity contribution in [2.24, 2.45) is 0 Å². The highest BCUT2D eigenvalue weighted by Gasteiger charge is 2.31. The Morgan fingerprint density at radius 3 is 2.87 bits per heavy atom. The average molecular weight is 332 g/mol. The maximum absolute atomic E-state index is 12.7. The molecule has 0 spiro atoms. The normalized spacial score (nSPS) is 17.1. The SMILES string of the molecule is COc1ccc(OC)c(NC(=O)N2CCCC2c2cccs2)c1. The summed E-state index contributed by atoms with van der Waals surface area (Å²) in [5.74, 6) is 1.29. The Kier molecular flexibility index (Phi) is 4.71. The number of ether oxygens (including phenoxy) is 2. The van der Waals surface area contributed by atoms with Crippen molar-refractivity contribution in [2.75, 3.05) is 26.1 Å². The van der Waals surface area contributed by atoms with Gasteiger partial charge in [0.2, 0.25) is 0 Å². The molecule has 0 radical (unpaired) electrons. The molecule has 1 unspecified atom stereocenters. The minimum absolute atomic E-state index is 0.104. The van der Waals surface area contributed by atoms with Crippen LogP contribution in [0.25, 0.3) is 0 Å². The molecule has 3 rings (SSSR count). The quantitative estimate of drug-likeness (QED) is 0.916. The van der Waals surface area contributed by atoms with Crippen LogP contribution in [0.2, 0.25) is 0 Å². The maximum Gasteiger partial charge on any atom is 0.322 e. The zero-order valence-corrected chi connectivity index (χ0v) is 14.1. The summed E-state index contributed by atoms with van der Waals surface area (Å²) in [5.41, 5.74) is 0.619. The summed E-state index contributed by atoms with van der Waals surface area (Å²) in [7, 11) is 3.18. The molecule has 1 aromatic heterocycles. The molecule has 0 aliphatic carbocycles. The highest BCUT2D eigenvalue weighted by atomic mass is 32.1. The summed E-state index contributed by atoms with van der Waals surface area (Å²) in [6.45, 7) is 0.765. The number of thiophene rings is 1. The lowest BCUT2D eigenvalue weighted by Crippen LogP contribution is -2.34. The van der Waals surface area contributed by atoms with Gasteiger partial charge in [-0.3, -0.25) is 0 Å². The molecule has 1 atom stereocenters. The number of nitrogens with one attached hydrogen (secondary N) is 1. The number of likely N-dealkylation sites (tertiary alicyclic amines) is 1. The molecule has 1 aliphatic rings. The van der Waals surface area contributed by atoms with Crippen LogP contribution in [0.4, 0.5) is 10.5 Å². The molecule has 1 aliphatic heterocycles. The van der Waals surface area contributed by atoms with Crippen molar-refractivity contribution in [3.63, 3.8) is 0 Å². The van der Waals surface area contributed by atoms with Crippen molar-refractivity contribution in [3.05, 3.63) is 40.6 Å². The third kappa shape index (κ3) is 3.27. The number of anilines is 1. The van der Waals surface area contributed by atoms with Crippen molar-refractivity contribution in [2.45, 2.75) is 18.9 Å². The number of nitrogens with zero attached hydrogens (tertiary/aromatic N) is 1. The lowest BCUT2D eigenvalue weighted by Gasteiger charge is -2.24. The zero-order chi connectivity index (χ0) is 16.2. The Labute approximate surface area is 139 Å². The summed E-state index contributed by atoms with van der Waals surface area (Å²) in [5, 5.41) is 5.01. The van der Waals surface area contributed by atoms with Crippen LogP contribution >= 0.6 is 11.3 Å². The molecule has 2 amide bonds. The number of hydrogen-bond donors (Lipinski definition) is 1. The third-order valence-electron chi connectivity index (χ3n) is 4.03. The number of carbonyl (C=O) groups excluding carboxylic acids is 1. The first-order valence-electron chi connectivity index (χ1n) is 7.56. The second-order valence-electron chi connectivity index (χ2n) is 5.36. The number of benzene rings is 1. The first-order valence-corrected chi connectivity index (χ1v) is 8.44. The first-order chi connectivity index (χ1) is 11.2. The van der Waals surface area contributed by atoms with Crippen LogP contribution < -0.4 is 14.8 Å². The lowest BCUT2D eigenvalue weighted by molar-refractivity contribution is 0.207. The van der Waals surface area contributed by atoms with E-state index in [-0.39, 0.29) is 12.1 Å². The number of carbonyl (C=O) groups is 1. The summed E-state index contributed by atoms with van der Waals surface area (Å²) >= 11 is 1.70. The van der Waals surface area contributed by atoms with E-state index < -0.39 is 0 Å². The molecule has 0 saturated carbocycles. The fourth-order valence-corrected chi connectivity index (χ4v) is 3.76. The van der Waals surface area contributed by atoms with Crippen LogP contribution in [0, 0.1) is 0 Å². The highest BCUT2D eigenvalue weighted by Crippen LogP contribution is 2.36. The molecule has 2 aromatic rings. The van der Waals surface area contributed by atoms with Crippen LogP contribution in [0.5, 0.6) is 11.5 Å². The van der Waals surface area contributed by atoms with E-state index in [0.29, 0.717) is 17.2 Å². The molecule has 1 N–H and O–H groups in total. The second-order valence-corrected chi connectivity index (χ2v) is 6.34. The largest absolute Gasteiger partial charge is 0.497 e. The van der Waals surface area contributed by atoms with E-state index in [1.165, 1.54) is 4.88 Å². The van der Waals surface area contributed by atoms with Gasteiger partial charge in [-0.15, -0.1) is 11.3 Å². The fourth-order valence-electron chi connectivity index (χ4n) is 2.89. The van der Waals surface area contributed by atoms with Gasteiger partial charge in [-0.05, 0) is 36.4 Å². The van der Waals surface area contributed by atoms with Crippen molar-refractivity contribution in [1.29, 1.82) is 0 Å². The van der Waals surface area contributed by atoms with E-state index in [1.807, 2.05) is 11.0 Å². The number of urea groups is 1. The van der Waals surface area contributed by atoms with Gasteiger partial charge in [-0.25, -0.2) is 4.79 Å². The Morgan fingerprint density at radius 1 is 1.30 bits per heavy atom. The van der Waals surface area contributed by atoms with E-state index >= 15 is 0 Å². The maximum atomic E-state index is 12.7. The van der Waals surface area contributed by atoms with Crippen LogP contribution in [0.3, 0.4) is 0 Å². The van der Waals surface area contributed by atoms with E-state index in [2.05, 4.69) is 16.8 Å². The summed E-state index contributed by atoms with van der Waals surface area (Å²) in [6.07, 6.45) is 2.02. The molecule has 122 valence electrons. The predicted octanol–water partition coefficient (Wildman–Crippen LogP) is 4.13. The van der Waals surface area contributed by atoms with Crippen molar-refractivity contribution in [1.82, 2.24) is 4.90 Å². The number of hydrogen-bond acceptors (Lipinski definition) is 4. The summed E-state index contributed by atoms with van der Waals surface area (Å²) in [4.78, 5) is 15.8. The van der Waals surface area contributed by atoms with Gasteiger partial charge in [-0.1, -0.05) is 6.07 Å². The minimum atomic E-state index is -0.104. The standard InChI is InChI=1S/C17H20N2O3S/c1-21-12-7-8-15(22-2)13(11-12)18-17(20)19-9-3-5-14(19)16-6-4-10-23-16/h4,6-8,10-11,14H,3,5,9H2,1-2H3,(H,18,20). The van der Waals surface area contributed by atoms with E-state index in [9.17, 15) is 4.79 Å². The van der Waals surface area contributed by atoms with Gasteiger partial charge >= 0.3 is 6.03 Å². The van der Waals surface area contributed by atoms with Crippen molar-refractivity contribution in [3.8, 4) is 11.5 Å². The van der Waals surface area contributed by atoms with Gasteiger partial charge in [0, 0.05) is 17.5 Å². The summed E-state index contributed by atoms with van der Waals surface area (Å²) < 4.78 is 10.5. The van der Waals surface area contributed by atoms with E-state index in [1.54, 1.807) is 43.8 Å². The first kappa shape index (κ1) is 15.7. The molecule has 5 nitrogen and oxygen atoms in total. The Hall–Kier alpha value is -2.21. The molecule has 2 heterocycles. The predicted molar refractivity (Wildman–Crippen MR) is 91.6 cm³/mol. The van der Waals surface area contributed by atoms with Gasteiger partial charge in [-0.2, -0.15) is 0 Å². The second kappa shape index (κ2) is 6.91. The number of methoxy groups -OCH3 is 2. The van der Waals surface area contributed by atoms with Gasteiger partial charge in [0.25, 0.3) is 0 Å². The molecule has 1 saturated heterocycles. The zero-order valence-electron chi connectivity index (χ0n) is 13.2. The number of rotatable bonds is 4. The Morgan fingerprint density at radius 2 is 2.17 bits per heavy atom. The lowest BCUT2D eigenvalue weighted by atomic mass is 10.2.